The Kier molecular flexibility index (Phi) is 3.25. The number of rotatable bonds is 3. The summed E-state index contributed by atoms with van der Waals surface area (Å²) in [6, 6.07) is 3.68. The maximum atomic E-state index is 10.6. The van der Waals surface area contributed by atoms with Gasteiger partial charge in [-0.25, -0.2) is 0 Å². The summed E-state index contributed by atoms with van der Waals surface area (Å²) in [6.45, 7) is 3.21. The van der Waals surface area contributed by atoms with Gasteiger partial charge in [0.15, 0.2) is 12.0 Å². The Morgan fingerprint density at radius 2 is 1.89 bits per heavy atom. The van der Waals surface area contributed by atoms with E-state index in [0.29, 0.717) is 11.2 Å². The molecule has 0 atom stereocenters. The van der Waals surface area contributed by atoms with Crippen molar-refractivity contribution in [1.82, 2.24) is 4.90 Å². The molecule has 98 valence electrons. The summed E-state index contributed by atoms with van der Waals surface area (Å²) >= 11 is 0. The number of carbonyl (C=O) groups excluding carboxylic acids is 1. The van der Waals surface area contributed by atoms with Crippen LogP contribution in [0.15, 0.2) is 16.5 Å². The lowest BCUT2D eigenvalue weighted by Gasteiger charge is -2.39. The SMILES string of the molecule is O=Cc1ccc(CN2CCC3(CCCC3)CC2)o1. The van der Waals surface area contributed by atoms with Crippen LogP contribution in [0.25, 0.3) is 0 Å². The molecule has 1 aromatic heterocycles. The molecular weight excluding hydrogens is 226 g/mol. The van der Waals surface area contributed by atoms with Crippen LogP contribution in [0.3, 0.4) is 0 Å². The zero-order valence-corrected chi connectivity index (χ0v) is 10.9. The first kappa shape index (κ1) is 12.0. The number of aldehydes is 1. The number of nitrogens with zero attached hydrogens (tertiary/aromatic N) is 1. The van der Waals surface area contributed by atoms with Crippen molar-refractivity contribution in [3.63, 3.8) is 0 Å². The summed E-state index contributed by atoms with van der Waals surface area (Å²) in [5.74, 6) is 1.36. The van der Waals surface area contributed by atoms with Gasteiger partial charge in [0.2, 0.25) is 0 Å². The van der Waals surface area contributed by atoms with Crippen LogP contribution in [0, 0.1) is 5.41 Å². The van der Waals surface area contributed by atoms with Gasteiger partial charge in [-0.1, -0.05) is 12.8 Å². The van der Waals surface area contributed by atoms with Crippen molar-refractivity contribution in [1.29, 1.82) is 0 Å². The third kappa shape index (κ3) is 2.37. The molecule has 18 heavy (non-hydrogen) atoms. The molecule has 1 aliphatic heterocycles. The molecule has 1 aromatic rings. The smallest absolute Gasteiger partial charge is 0.185 e. The number of carbonyl (C=O) groups is 1. The number of hydrogen-bond acceptors (Lipinski definition) is 3. The van der Waals surface area contributed by atoms with Crippen molar-refractivity contribution in [3.8, 4) is 0 Å². The van der Waals surface area contributed by atoms with Crippen molar-refractivity contribution in [2.24, 2.45) is 5.41 Å². The van der Waals surface area contributed by atoms with Crippen LogP contribution >= 0.6 is 0 Å². The van der Waals surface area contributed by atoms with Gasteiger partial charge in [0.1, 0.15) is 5.76 Å². The summed E-state index contributed by atoms with van der Waals surface area (Å²) in [5.41, 5.74) is 0.674. The second-order valence-corrected chi connectivity index (χ2v) is 5.91. The van der Waals surface area contributed by atoms with Crippen LogP contribution < -0.4 is 0 Å². The fourth-order valence-corrected chi connectivity index (χ4v) is 3.57. The molecule has 1 saturated heterocycles. The van der Waals surface area contributed by atoms with Gasteiger partial charge in [0.25, 0.3) is 0 Å². The number of piperidine rings is 1. The minimum absolute atomic E-state index is 0.439. The Balaban J connectivity index is 1.55. The second kappa shape index (κ2) is 4.88. The van der Waals surface area contributed by atoms with E-state index in [4.69, 9.17) is 4.42 Å². The fraction of sp³-hybridized carbons (Fsp3) is 0.667. The molecular formula is C15H21NO2. The monoisotopic (exact) mass is 247 g/mol. The molecule has 1 spiro atoms. The lowest BCUT2D eigenvalue weighted by atomic mass is 9.77. The van der Waals surface area contributed by atoms with Crippen LogP contribution in [0.4, 0.5) is 0 Å². The molecule has 2 fully saturated rings. The fourth-order valence-electron chi connectivity index (χ4n) is 3.57. The topological polar surface area (TPSA) is 33.5 Å². The number of furan rings is 1. The predicted molar refractivity (Wildman–Crippen MR) is 69.5 cm³/mol. The Morgan fingerprint density at radius 1 is 1.17 bits per heavy atom. The number of likely N-dealkylation sites (tertiary alicyclic amines) is 1. The van der Waals surface area contributed by atoms with Crippen LogP contribution in [0.1, 0.15) is 54.8 Å². The molecule has 2 aliphatic rings. The summed E-state index contributed by atoms with van der Waals surface area (Å²) in [4.78, 5) is 13.0. The molecule has 3 rings (SSSR count). The maximum absolute atomic E-state index is 10.6. The predicted octanol–water partition coefficient (Wildman–Crippen LogP) is 3.25. The van der Waals surface area contributed by atoms with E-state index in [9.17, 15) is 4.79 Å². The third-order valence-electron chi connectivity index (χ3n) is 4.76. The zero-order chi connectivity index (χ0) is 12.4. The first-order valence-electron chi connectivity index (χ1n) is 7.06. The average molecular weight is 247 g/mol. The van der Waals surface area contributed by atoms with Gasteiger partial charge in [-0.15, -0.1) is 0 Å². The van der Waals surface area contributed by atoms with E-state index in [-0.39, 0.29) is 0 Å². The van der Waals surface area contributed by atoms with Gasteiger partial charge < -0.3 is 4.42 Å². The van der Waals surface area contributed by atoms with Gasteiger partial charge in [0.05, 0.1) is 6.54 Å². The summed E-state index contributed by atoms with van der Waals surface area (Å²) in [7, 11) is 0. The Labute approximate surface area is 108 Å². The van der Waals surface area contributed by atoms with Crippen LogP contribution in [0.5, 0.6) is 0 Å². The normalized spacial score (nSPS) is 23.6. The average Bonchev–Trinajstić information content (AvgIpc) is 3.02. The van der Waals surface area contributed by atoms with Crippen molar-refractivity contribution in [2.75, 3.05) is 13.1 Å². The summed E-state index contributed by atoms with van der Waals surface area (Å²) in [5, 5.41) is 0. The minimum atomic E-state index is 0.439. The number of hydrogen-bond donors (Lipinski definition) is 0. The first-order valence-corrected chi connectivity index (χ1v) is 7.06. The maximum Gasteiger partial charge on any atom is 0.185 e. The van der Waals surface area contributed by atoms with E-state index in [1.807, 2.05) is 6.07 Å². The molecule has 0 bridgehead atoms. The summed E-state index contributed by atoms with van der Waals surface area (Å²) < 4.78 is 5.44. The Hall–Kier alpha value is -1.09. The molecule has 3 heteroatoms. The lowest BCUT2D eigenvalue weighted by molar-refractivity contribution is 0.0969. The highest BCUT2D eigenvalue weighted by Gasteiger charge is 2.36. The van der Waals surface area contributed by atoms with E-state index in [0.717, 1.165) is 18.6 Å². The van der Waals surface area contributed by atoms with Gasteiger partial charge in [-0.05, 0) is 56.3 Å². The summed E-state index contributed by atoms with van der Waals surface area (Å²) in [6.07, 6.45) is 9.20. The molecule has 0 N–H and O–H groups in total. The van der Waals surface area contributed by atoms with E-state index in [2.05, 4.69) is 4.90 Å². The quantitative estimate of drug-likeness (QED) is 0.769. The molecule has 0 unspecified atom stereocenters. The molecule has 1 aliphatic carbocycles. The van der Waals surface area contributed by atoms with E-state index in [1.54, 1.807) is 6.07 Å². The van der Waals surface area contributed by atoms with Crippen molar-refractivity contribution in [2.45, 2.75) is 45.1 Å². The van der Waals surface area contributed by atoms with Gasteiger partial charge >= 0.3 is 0 Å². The highest BCUT2D eigenvalue weighted by Crippen LogP contribution is 2.46. The van der Waals surface area contributed by atoms with Gasteiger partial charge in [-0.2, -0.15) is 0 Å². The molecule has 0 radical (unpaired) electrons. The minimum Gasteiger partial charge on any atom is -0.457 e. The molecule has 1 saturated carbocycles. The van der Waals surface area contributed by atoms with E-state index >= 15 is 0 Å². The van der Waals surface area contributed by atoms with Gasteiger partial charge in [0, 0.05) is 0 Å². The lowest BCUT2D eigenvalue weighted by Crippen LogP contribution is -2.38. The second-order valence-electron chi connectivity index (χ2n) is 5.91. The Morgan fingerprint density at radius 3 is 2.50 bits per heavy atom. The highest BCUT2D eigenvalue weighted by molar-refractivity contribution is 5.70. The van der Waals surface area contributed by atoms with Crippen LogP contribution in [-0.2, 0) is 6.54 Å². The largest absolute Gasteiger partial charge is 0.457 e. The third-order valence-corrected chi connectivity index (χ3v) is 4.76. The molecule has 0 aromatic carbocycles. The van der Waals surface area contributed by atoms with Crippen molar-refractivity contribution < 1.29 is 9.21 Å². The molecule has 3 nitrogen and oxygen atoms in total. The Bertz CT molecular complexity index is 408. The molecule has 2 heterocycles. The zero-order valence-electron chi connectivity index (χ0n) is 10.9. The van der Waals surface area contributed by atoms with E-state index < -0.39 is 0 Å². The van der Waals surface area contributed by atoms with Crippen LogP contribution in [0.2, 0.25) is 0 Å². The van der Waals surface area contributed by atoms with Gasteiger partial charge in [-0.3, -0.25) is 9.69 Å². The van der Waals surface area contributed by atoms with Crippen LogP contribution in [-0.4, -0.2) is 24.3 Å². The van der Waals surface area contributed by atoms with Crippen molar-refractivity contribution in [3.05, 3.63) is 23.7 Å². The standard InChI is InChI=1S/C15H21NO2/c17-12-14-4-3-13(18-14)11-16-9-7-15(8-10-16)5-1-2-6-15/h3-4,12H,1-2,5-11H2. The molecule has 0 amide bonds. The highest BCUT2D eigenvalue weighted by atomic mass is 16.3. The first-order chi connectivity index (χ1) is 8.80. The van der Waals surface area contributed by atoms with E-state index in [1.165, 1.54) is 51.6 Å². The van der Waals surface area contributed by atoms with Crippen molar-refractivity contribution >= 4 is 6.29 Å².